The van der Waals surface area contributed by atoms with Crippen molar-refractivity contribution >= 4 is 35.0 Å². The predicted molar refractivity (Wildman–Crippen MR) is 71.2 cm³/mol. The highest BCUT2D eigenvalue weighted by Gasteiger charge is 2.18. The summed E-state index contributed by atoms with van der Waals surface area (Å²) in [4.78, 5) is 12.6. The first-order chi connectivity index (χ1) is 8.16. The number of ether oxygens (including phenoxy) is 1. The summed E-state index contributed by atoms with van der Waals surface area (Å²) in [5.41, 5.74) is 0.728. The van der Waals surface area contributed by atoms with Crippen molar-refractivity contribution in [2.45, 2.75) is 6.92 Å². The maximum Gasteiger partial charge on any atom is 0.265 e. The number of halogens is 1. The highest BCUT2D eigenvalue weighted by Crippen LogP contribution is 2.26. The van der Waals surface area contributed by atoms with Crippen LogP contribution in [-0.2, 0) is 9.53 Å². The average molecular weight is 270 g/mol. The van der Waals surface area contributed by atoms with Gasteiger partial charge < -0.3 is 10.1 Å². The van der Waals surface area contributed by atoms with Crippen molar-refractivity contribution in [2.24, 2.45) is 0 Å². The van der Waals surface area contributed by atoms with Crippen LogP contribution in [0.15, 0.2) is 34.9 Å². The van der Waals surface area contributed by atoms with Crippen LogP contribution in [0.25, 0.3) is 0 Å². The first-order valence-corrected chi connectivity index (χ1v) is 6.56. The first kappa shape index (κ1) is 12.3. The lowest BCUT2D eigenvalue weighted by atomic mass is 10.3. The second-order valence-electron chi connectivity index (χ2n) is 3.54. The maximum atomic E-state index is 12.0. The number of hydrogen-bond donors (Lipinski definition) is 1. The van der Waals surface area contributed by atoms with Crippen LogP contribution in [-0.4, -0.2) is 18.3 Å². The van der Waals surface area contributed by atoms with Crippen LogP contribution < -0.4 is 5.32 Å². The van der Waals surface area contributed by atoms with E-state index in [1.165, 1.54) is 11.8 Å². The van der Waals surface area contributed by atoms with Gasteiger partial charge in [0.1, 0.15) is 10.7 Å². The van der Waals surface area contributed by atoms with E-state index in [1.807, 2.05) is 6.92 Å². The molecule has 1 aromatic rings. The number of rotatable bonds is 2. The Kier molecular flexibility index (Phi) is 3.97. The standard InChI is InChI=1S/C12H12ClNO2S/c1-8-11(17-7-6-16-8)12(15)14-10-4-2-9(13)3-5-10/h2-5H,6-7H2,1H3,(H,14,15). The minimum absolute atomic E-state index is 0.130. The van der Waals surface area contributed by atoms with Gasteiger partial charge in [-0.25, -0.2) is 0 Å². The molecule has 90 valence electrons. The summed E-state index contributed by atoms with van der Waals surface area (Å²) in [7, 11) is 0. The molecule has 1 amide bonds. The van der Waals surface area contributed by atoms with Crippen LogP contribution in [0.2, 0.25) is 5.02 Å². The molecule has 0 aliphatic carbocycles. The summed E-state index contributed by atoms with van der Waals surface area (Å²) in [6.07, 6.45) is 0. The predicted octanol–water partition coefficient (Wildman–Crippen LogP) is 3.27. The molecule has 0 atom stereocenters. The number of anilines is 1. The van der Waals surface area contributed by atoms with Crippen LogP contribution in [0.4, 0.5) is 5.69 Å². The molecule has 0 unspecified atom stereocenters. The molecule has 2 rings (SSSR count). The van der Waals surface area contributed by atoms with Gasteiger partial charge in [-0.2, -0.15) is 0 Å². The third-order valence-electron chi connectivity index (χ3n) is 2.28. The number of carbonyl (C=O) groups excluding carboxylic acids is 1. The second-order valence-corrected chi connectivity index (χ2v) is 5.08. The van der Waals surface area contributed by atoms with Crippen molar-refractivity contribution in [2.75, 3.05) is 17.7 Å². The van der Waals surface area contributed by atoms with Gasteiger partial charge in [0, 0.05) is 16.5 Å². The second kappa shape index (κ2) is 5.47. The van der Waals surface area contributed by atoms with Gasteiger partial charge in [0.05, 0.1) is 6.61 Å². The van der Waals surface area contributed by atoms with Gasteiger partial charge in [-0.15, -0.1) is 11.8 Å². The molecular weight excluding hydrogens is 258 g/mol. The molecule has 0 fully saturated rings. The average Bonchev–Trinajstić information content (AvgIpc) is 2.32. The van der Waals surface area contributed by atoms with Crippen LogP contribution in [0.3, 0.4) is 0 Å². The quantitative estimate of drug-likeness (QED) is 0.895. The fourth-order valence-corrected chi connectivity index (χ4v) is 2.39. The van der Waals surface area contributed by atoms with E-state index in [4.69, 9.17) is 16.3 Å². The lowest BCUT2D eigenvalue weighted by Crippen LogP contribution is -2.18. The Hall–Kier alpha value is -1.13. The lowest BCUT2D eigenvalue weighted by Gasteiger charge is -2.17. The van der Waals surface area contributed by atoms with E-state index in [1.54, 1.807) is 24.3 Å². The summed E-state index contributed by atoms with van der Waals surface area (Å²) in [5.74, 6) is 1.36. The molecule has 5 heteroatoms. The molecule has 0 aromatic heterocycles. The summed E-state index contributed by atoms with van der Waals surface area (Å²) < 4.78 is 5.35. The maximum absolute atomic E-state index is 12.0. The Morgan fingerprint density at radius 2 is 2.12 bits per heavy atom. The van der Waals surface area contributed by atoms with Crippen molar-refractivity contribution in [1.82, 2.24) is 0 Å². The van der Waals surface area contributed by atoms with Crippen molar-refractivity contribution in [3.63, 3.8) is 0 Å². The number of hydrogen-bond acceptors (Lipinski definition) is 3. The lowest BCUT2D eigenvalue weighted by molar-refractivity contribution is -0.112. The van der Waals surface area contributed by atoms with E-state index < -0.39 is 0 Å². The Bertz CT molecular complexity index is 456. The van der Waals surface area contributed by atoms with Gasteiger partial charge in [-0.05, 0) is 31.2 Å². The monoisotopic (exact) mass is 269 g/mol. The van der Waals surface area contributed by atoms with E-state index in [2.05, 4.69) is 5.32 Å². The van der Waals surface area contributed by atoms with Crippen LogP contribution in [0.1, 0.15) is 6.92 Å². The Morgan fingerprint density at radius 1 is 1.41 bits per heavy atom. The fourth-order valence-electron chi connectivity index (χ4n) is 1.45. The summed E-state index contributed by atoms with van der Waals surface area (Å²) >= 11 is 7.29. The minimum atomic E-state index is -0.130. The fraction of sp³-hybridized carbons (Fsp3) is 0.250. The number of carbonyl (C=O) groups is 1. The zero-order chi connectivity index (χ0) is 12.3. The van der Waals surface area contributed by atoms with Crippen molar-refractivity contribution in [3.05, 3.63) is 40.0 Å². The molecule has 3 nitrogen and oxygen atoms in total. The number of thioether (sulfide) groups is 1. The molecule has 0 saturated heterocycles. The SMILES string of the molecule is CC1=C(C(=O)Nc2ccc(Cl)cc2)SCCO1. The molecule has 1 aliphatic rings. The van der Waals surface area contributed by atoms with E-state index in [0.717, 1.165) is 11.4 Å². The van der Waals surface area contributed by atoms with Gasteiger partial charge in [-0.1, -0.05) is 11.6 Å². The van der Waals surface area contributed by atoms with Gasteiger partial charge in [0.2, 0.25) is 0 Å². The number of benzene rings is 1. The largest absolute Gasteiger partial charge is 0.496 e. The van der Waals surface area contributed by atoms with Gasteiger partial charge in [0.25, 0.3) is 5.91 Å². The van der Waals surface area contributed by atoms with Gasteiger partial charge >= 0.3 is 0 Å². The molecule has 0 bridgehead atoms. The van der Waals surface area contributed by atoms with Gasteiger partial charge in [0.15, 0.2) is 0 Å². The molecule has 1 aliphatic heterocycles. The Balaban J connectivity index is 2.09. The zero-order valence-corrected chi connectivity index (χ0v) is 10.9. The third kappa shape index (κ3) is 3.17. The van der Waals surface area contributed by atoms with Crippen molar-refractivity contribution in [1.29, 1.82) is 0 Å². The topological polar surface area (TPSA) is 38.3 Å². The molecule has 0 radical (unpaired) electrons. The first-order valence-electron chi connectivity index (χ1n) is 5.20. The van der Waals surface area contributed by atoms with E-state index in [9.17, 15) is 4.79 Å². The van der Waals surface area contributed by atoms with Crippen LogP contribution in [0.5, 0.6) is 0 Å². The van der Waals surface area contributed by atoms with Crippen molar-refractivity contribution in [3.8, 4) is 0 Å². The molecule has 0 saturated carbocycles. The Labute approximate surface area is 109 Å². The molecule has 17 heavy (non-hydrogen) atoms. The molecule has 1 aromatic carbocycles. The highest BCUT2D eigenvalue weighted by molar-refractivity contribution is 8.04. The van der Waals surface area contributed by atoms with E-state index in [0.29, 0.717) is 22.3 Å². The summed E-state index contributed by atoms with van der Waals surface area (Å²) in [6.45, 7) is 2.47. The molecular formula is C12H12ClNO2S. The number of nitrogens with one attached hydrogen (secondary N) is 1. The smallest absolute Gasteiger partial charge is 0.265 e. The van der Waals surface area contributed by atoms with Crippen molar-refractivity contribution < 1.29 is 9.53 Å². The molecule has 1 heterocycles. The van der Waals surface area contributed by atoms with E-state index >= 15 is 0 Å². The minimum Gasteiger partial charge on any atom is -0.496 e. The molecule has 0 spiro atoms. The third-order valence-corrected chi connectivity index (χ3v) is 3.66. The highest BCUT2D eigenvalue weighted by atomic mass is 35.5. The van der Waals surface area contributed by atoms with Gasteiger partial charge in [-0.3, -0.25) is 4.79 Å². The number of amides is 1. The number of allylic oxidation sites excluding steroid dienone is 1. The molecule has 1 N–H and O–H groups in total. The Morgan fingerprint density at radius 3 is 2.76 bits per heavy atom. The summed E-state index contributed by atoms with van der Waals surface area (Å²) in [6, 6.07) is 7.01. The normalized spacial score (nSPS) is 15.4. The zero-order valence-electron chi connectivity index (χ0n) is 9.33. The van der Waals surface area contributed by atoms with Crippen LogP contribution >= 0.6 is 23.4 Å². The van der Waals surface area contributed by atoms with E-state index in [-0.39, 0.29) is 5.91 Å². The summed E-state index contributed by atoms with van der Waals surface area (Å²) in [5, 5.41) is 3.46. The van der Waals surface area contributed by atoms with Crippen LogP contribution in [0, 0.1) is 0 Å².